The van der Waals surface area contributed by atoms with Crippen molar-refractivity contribution in [3.05, 3.63) is 35.9 Å². The average Bonchev–Trinajstić information content (AvgIpc) is 1.90. The molecule has 2 radical (unpaired) electrons. The molecule has 0 unspecified atom stereocenters. The van der Waals surface area contributed by atoms with Crippen LogP contribution in [0.25, 0.3) is 0 Å². The number of hydrogen-bond acceptors (Lipinski definition) is 0. The Bertz CT molecular complexity index is 146. The van der Waals surface area contributed by atoms with E-state index in [1.807, 2.05) is 0 Å². The molecule has 1 aromatic carbocycles. The molecule has 0 nitrogen and oxygen atoms in total. The van der Waals surface area contributed by atoms with Crippen LogP contribution in [0.3, 0.4) is 0 Å². The summed E-state index contributed by atoms with van der Waals surface area (Å²) in [4.78, 5) is 0. The van der Waals surface area contributed by atoms with E-state index in [9.17, 15) is 0 Å². The van der Waals surface area contributed by atoms with Crippen LogP contribution in [0, 0.1) is 0 Å². The van der Waals surface area contributed by atoms with Gasteiger partial charge in [0, 0.05) is 0 Å². The van der Waals surface area contributed by atoms with Crippen LogP contribution in [0.1, 0.15) is 5.56 Å². The average molecular weight is 300 g/mol. The molecule has 0 aliphatic rings. The quantitative estimate of drug-likeness (QED) is 0.687. The van der Waals surface area contributed by atoms with Gasteiger partial charge in [-0.2, -0.15) is 0 Å². The molecule has 1 heteroatoms. The topological polar surface area (TPSA) is 0 Å². The molecule has 0 saturated heterocycles. The standard InChI is InChI=1S/C7H7.Bi/c1-7-5-3-2-4-6-7;/h2-6H,1H2;. The van der Waals surface area contributed by atoms with Gasteiger partial charge in [-0.15, -0.1) is 0 Å². The Morgan fingerprint density at radius 3 is 2.12 bits per heavy atom. The van der Waals surface area contributed by atoms with Gasteiger partial charge in [-0.3, -0.25) is 0 Å². The minimum absolute atomic E-state index is 1.25. The first-order valence-electron chi connectivity index (χ1n) is 2.58. The second-order valence-electron chi connectivity index (χ2n) is 1.64. The van der Waals surface area contributed by atoms with Crippen LogP contribution in [-0.4, -0.2) is 24.7 Å². The Kier molecular flexibility index (Phi) is 2.49. The van der Waals surface area contributed by atoms with E-state index in [1.165, 1.54) is 34.4 Å². The zero-order valence-electron chi connectivity index (χ0n) is 4.54. The molecule has 0 aliphatic carbocycles. The number of benzene rings is 1. The summed E-state index contributed by atoms with van der Waals surface area (Å²) in [5, 5.41) is 0. The Hall–Kier alpha value is 0.103. The monoisotopic (exact) mass is 300 g/mol. The fourth-order valence-electron chi connectivity index (χ4n) is 0.583. The molecule has 40 valence electrons. The first-order valence-corrected chi connectivity index (χ1v) is 5.04. The van der Waals surface area contributed by atoms with E-state index in [0.717, 1.165) is 0 Å². The van der Waals surface area contributed by atoms with Gasteiger partial charge in [0.2, 0.25) is 0 Å². The van der Waals surface area contributed by atoms with Gasteiger partial charge >= 0.3 is 64.7 Å². The van der Waals surface area contributed by atoms with Gasteiger partial charge in [-0.1, -0.05) is 0 Å². The molecule has 8 heavy (non-hydrogen) atoms. The Balaban J connectivity index is 2.83. The first-order chi connectivity index (χ1) is 3.93. The second-order valence-corrected chi connectivity index (χ2v) is 2.87. The van der Waals surface area contributed by atoms with E-state index in [2.05, 4.69) is 30.3 Å². The predicted molar refractivity (Wildman–Crippen MR) is 35.9 cm³/mol. The summed E-state index contributed by atoms with van der Waals surface area (Å²) >= 11 is 1.45. The van der Waals surface area contributed by atoms with Gasteiger partial charge < -0.3 is 0 Å². The van der Waals surface area contributed by atoms with Crippen LogP contribution in [0.2, 0.25) is 0 Å². The van der Waals surface area contributed by atoms with Crippen molar-refractivity contribution in [2.24, 2.45) is 0 Å². The first kappa shape index (κ1) is 6.23. The van der Waals surface area contributed by atoms with E-state index in [1.54, 1.807) is 0 Å². The Morgan fingerprint density at radius 1 is 1.12 bits per heavy atom. The Morgan fingerprint density at radius 2 is 1.75 bits per heavy atom. The van der Waals surface area contributed by atoms with E-state index in [4.69, 9.17) is 0 Å². The predicted octanol–water partition coefficient (Wildman–Crippen LogP) is 1.36. The van der Waals surface area contributed by atoms with Crippen molar-refractivity contribution in [2.45, 2.75) is 4.13 Å². The summed E-state index contributed by atoms with van der Waals surface area (Å²) in [5.74, 6) is 0. The van der Waals surface area contributed by atoms with Crippen molar-refractivity contribution in [1.29, 1.82) is 0 Å². The van der Waals surface area contributed by atoms with Gasteiger partial charge in [0.15, 0.2) is 0 Å². The zero-order chi connectivity index (χ0) is 5.82. The van der Waals surface area contributed by atoms with Crippen molar-refractivity contribution in [1.82, 2.24) is 0 Å². The van der Waals surface area contributed by atoms with E-state index < -0.39 is 0 Å². The summed E-state index contributed by atoms with van der Waals surface area (Å²) in [6, 6.07) is 10.6. The third kappa shape index (κ3) is 1.56. The summed E-state index contributed by atoms with van der Waals surface area (Å²) in [6.07, 6.45) is 0. The van der Waals surface area contributed by atoms with Crippen LogP contribution in [0.4, 0.5) is 0 Å². The molecule has 0 N–H and O–H groups in total. The number of hydrogen-bond donors (Lipinski definition) is 0. The van der Waals surface area contributed by atoms with Crippen LogP contribution in [0.15, 0.2) is 30.3 Å². The fourth-order valence-corrected chi connectivity index (χ4v) is 1.40. The van der Waals surface area contributed by atoms with Crippen molar-refractivity contribution >= 4 is 24.7 Å². The molecule has 1 aromatic rings. The normalized spacial score (nSPS) is 9.12. The van der Waals surface area contributed by atoms with Crippen molar-refractivity contribution < 1.29 is 0 Å². The molecule has 1 rings (SSSR count). The molecule has 0 atom stereocenters. The van der Waals surface area contributed by atoms with E-state index in [-0.39, 0.29) is 0 Å². The van der Waals surface area contributed by atoms with Crippen LogP contribution in [0.5, 0.6) is 0 Å². The van der Waals surface area contributed by atoms with Crippen LogP contribution < -0.4 is 0 Å². The molecule has 0 saturated carbocycles. The molecule has 0 aromatic heterocycles. The molecular weight excluding hydrogens is 293 g/mol. The Labute approximate surface area is 64.8 Å². The van der Waals surface area contributed by atoms with E-state index >= 15 is 0 Å². The third-order valence-corrected chi connectivity index (χ3v) is 2.44. The maximum atomic E-state index is 2.17. The molecule has 0 aliphatic heterocycles. The SMILES string of the molecule is [Bi][CH2]c1ccccc1. The summed E-state index contributed by atoms with van der Waals surface area (Å²) in [7, 11) is 0. The van der Waals surface area contributed by atoms with E-state index in [0.29, 0.717) is 0 Å². The summed E-state index contributed by atoms with van der Waals surface area (Å²) < 4.78 is 1.25. The third-order valence-electron chi connectivity index (χ3n) is 1.03. The molecule has 0 heterocycles. The molecule has 0 fully saturated rings. The van der Waals surface area contributed by atoms with Crippen molar-refractivity contribution in [2.75, 3.05) is 0 Å². The fraction of sp³-hybridized carbons (Fsp3) is 0.143. The molecule has 0 spiro atoms. The second kappa shape index (κ2) is 3.19. The minimum atomic E-state index is 1.25. The molecule has 0 amide bonds. The maximum absolute atomic E-state index is 2.17. The van der Waals surface area contributed by atoms with Gasteiger partial charge in [0.05, 0.1) is 0 Å². The number of rotatable bonds is 1. The summed E-state index contributed by atoms with van der Waals surface area (Å²) in [6.45, 7) is 0. The van der Waals surface area contributed by atoms with Crippen LogP contribution >= 0.6 is 0 Å². The zero-order valence-corrected chi connectivity index (χ0v) is 8.02. The van der Waals surface area contributed by atoms with Crippen molar-refractivity contribution in [3.63, 3.8) is 0 Å². The molecule has 0 bridgehead atoms. The summed E-state index contributed by atoms with van der Waals surface area (Å²) in [5.41, 5.74) is 1.46. The van der Waals surface area contributed by atoms with Gasteiger partial charge in [-0.05, 0) is 0 Å². The van der Waals surface area contributed by atoms with Crippen molar-refractivity contribution in [3.8, 4) is 0 Å². The molecular formula is C7H7Bi. The van der Waals surface area contributed by atoms with Gasteiger partial charge in [0.25, 0.3) is 0 Å². The van der Waals surface area contributed by atoms with Gasteiger partial charge in [0.1, 0.15) is 0 Å². The van der Waals surface area contributed by atoms with Crippen LogP contribution in [-0.2, 0) is 4.13 Å². The van der Waals surface area contributed by atoms with Gasteiger partial charge in [-0.25, -0.2) is 0 Å².